The Bertz CT molecular complexity index is 450. The number of carboxylic acids is 1. The second-order valence-corrected chi connectivity index (χ2v) is 5.33. The van der Waals surface area contributed by atoms with Gasteiger partial charge < -0.3 is 45.8 Å². The van der Waals surface area contributed by atoms with Crippen LogP contribution in [-0.2, 0) is 19.1 Å². The molecule has 1 aliphatic heterocycles. The molecule has 0 bridgehead atoms. The van der Waals surface area contributed by atoms with E-state index in [2.05, 4.69) is 4.74 Å². The number of ether oxygens (including phenoxy) is 2. The van der Waals surface area contributed by atoms with E-state index in [1.807, 2.05) is 0 Å². The maximum Gasteiger partial charge on any atom is 0.364 e. The van der Waals surface area contributed by atoms with E-state index in [1.165, 1.54) is 0 Å². The molecule has 7 atom stereocenters. The molecule has 0 aromatic carbocycles. The van der Waals surface area contributed by atoms with Crippen molar-refractivity contribution in [1.29, 1.82) is 0 Å². The van der Waals surface area contributed by atoms with Gasteiger partial charge in [-0.2, -0.15) is 0 Å². The quantitative estimate of drug-likeness (QED) is 0.180. The van der Waals surface area contributed by atoms with Crippen LogP contribution >= 0.6 is 0 Å². The largest absolute Gasteiger partial charge is 0.670 e. The molecule has 0 saturated carbocycles. The molecule has 11 nitrogen and oxygen atoms in total. The molecule has 1 saturated heterocycles. The smallest absolute Gasteiger partial charge is 0.364 e. The van der Waals surface area contributed by atoms with Crippen molar-refractivity contribution in [3.63, 3.8) is 0 Å². The molecule has 1 heterocycles. The molecular formula is C12H20AcNO10-. The van der Waals surface area contributed by atoms with Gasteiger partial charge in [-0.1, -0.05) is 6.04 Å². The molecule has 24 heavy (non-hydrogen) atoms. The van der Waals surface area contributed by atoms with E-state index >= 15 is 0 Å². The van der Waals surface area contributed by atoms with Crippen LogP contribution < -0.4 is 0 Å². The number of aliphatic hydroxyl groups excluding tert-OH is 4. The van der Waals surface area contributed by atoms with E-state index in [9.17, 15) is 30.0 Å². The van der Waals surface area contributed by atoms with E-state index in [0.29, 0.717) is 0 Å². The van der Waals surface area contributed by atoms with Crippen molar-refractivity contribution in [1.82, 2.24) is 0 Å². The van der Waals surface area contributed by atoms with E-state index in [1.54, 1.807) is 0 Å². The fourth-order valence-corrected chi connectivity index (χ4v) is 2.00. The number of rotatable bonds is 6. The minimum Gasteiger partial charge on any atom is -0.670 e. The number of carbonyl (C=O) groups is 2. The number of esters is 1. The van der Waals surface area contributed by atoms with Crippen molar-refractivity contribution in [2.24, 2.45) is 0 Å². The Morgan fingerprint density at radius 2 is 1.92 bits per heavy atom. The molecule has 7 N–H and O–H groups in total. The van der Waals surface area contributed by atoms with Crippen molar-refractivity contribution >= 4 is 11.9 Å². The molecule has 0 aromatic rings. The van der Waals surface area contributed by atoms with E-state index in [4.69, 9.17) is 20.7 Å². The van der Waals surface area contributed by atoms with Crippen LogP contribution in [0.2, 0.25) is 0 Å². The summed E-state index contributed by atoms with van der Waals surface area (Å²) < 4.78 is 9.25. The summed E-state index contributed by atoms with van der Waals surface area (Å²) in [7, 11) is 0. The first kappa shape index (κ1) is 24.1. The van der Waals surface area contributed by atoms with Gasteiger partial charge in [0.15, 0.2) is 0 Å². The van der Waals surface area contributed by atoms with Crippen LogP contribution in [0.5, 0.6) is 0 Å². The number of hydrogen-bond acceptors (Lipinski definition) is 9. The zero-order chi connectivity index (χ0) is 17.9. The molecule has 1 radical (unpaired) electrons. The Hall–Kier alpha value is 0.102. The third-order valence-electron chi connectivity index (χ3n) is 3.39. The first-order valence-corrected chi connectivity index (χ1v) is 6.73. The molecule has 0 aliphatic carbocycles. The zero-order valence-electron chi connectivity index (χ0n) is 12.8. The number of nitrogens with one attached hydrogen (secondary N) is 1. The first-order valence-electron chi connectivity index (χ1n) is 6.73. The molecule has 0 amide bonds. The molecule has 12 heteroatoms. The number of aliphatic hydroxyl groups is 5. The minimum atomic E-state index is -2.82. The van der Waals surface area contributed by atoms with Crippen LogP contribution in [0.3, 0.4) is 0 Å². The fraction of sp³-hybridized carbons (Fsp3) is 0.833. The van der Waals surface area contributed by atoms with Crippen LogP contribution in [0.25, 0.3) is 5.73 Å². The molecule has 7 unspecified atom stereocenters. The summed E-state index contributed by atoms with van der Waals surface area (Å²) >= 11 is 0. The predicted octanol–water partition coefficient (Wildman–Crippen LogP) is -3.02. The van der Waals surface area contributed by atoms with Gasteiger partial charge in [-0.25, -0.2) is 9.59 Å². The van der Waals surface area contributed by atoms with Crippen LogP contribution in [0, 0.1) is 44.1 Å². The van der Waals surface area contributed by atoms with Crippen molar-refractivity contribution < 1.29 is 93.8 Å². The summed E-state index contributed by atoms with van der Waals surface area (Å²) in [5.74, 6) is -5.71. The third-order valence-corrected chi connectivity index (χ3v) is 3.39. The Morgan fingerprint density at radius 3 is 2.38 bits per heavy atom. The second-order valence-electron chi connectivity index (χ2n) is 5.33. The monoisotopic (exact) mass is 565 g/mol. The van der Waals surface area contributed by atoms with Gasteiger partial charge in [0.1, 0.15) is 24.9 Å². The minimum absolute atomic E-state index is 0. The average molecular weight is 565 g/mol. The summed E-state index contributed by atoms with van der Waals surface area (Å²) in [6, 6.07) is -1.55. The normalized spacial score (nSPS) is 33.7. The molecule has 1 aliphatic rings. The molecular weight excluding hydrogens is 545 g/mol. The van der Waals surface area contributed by atoms with Crippen molar-refractivity contribution in [2.75, 3.05) is 6.61 Å². The van der Waals surface area contributed by atoms with E-state index in [0.717, 1.165) is 6.92 Å². The molecule has 137 valence electrons. The third kappa shape index (κ3) is 5.83. The van der Waals surface area contributed by atoms with Gasteiger partial charge in [0, 0.05) is 56.6 Å². The number of aliphatic carboxylic acids is 1. The number of hydrogen-bond donors (Lipinski definition) is 6. The topological polar surface area (TPSA) is 198 Å². The molecule has 1 rings (SSSR count). The molecule has 0 aromatic heterocycles. The fourth-order valence-electron chi connectivity index (χ4n) is 2.00. The maximum absolute atomic E-state index is 11.1. The summed E-state index contributed by atoms with van der Waals surface area (Å²) in [5.41, 5.74) is 7.66. The maximum atomic E-state index is 11.1. The second kappa shape index (κ2) is 9.70. The summed E-state index contributed by atoms with van der Waals surface area (Å²) in [5, 5.41) is 56.9. The summed E-state index contributed by atoms with van der Waals surface area (Å²) in [6.45, 7) is 0.359. The van der Waals surface area contributed by atoms with Gasteiger partial charge in [-0.15, -0.1) is 0 Å². The summed E-state index contributed by atoms with van der Waals surface area (Å²) in [6.07, 6.45) is -9.34. The summed E-state index contributed by atoms with van der Waals surface area (Å²) in [4.78, 5) is 22.0. The van der Waals surface area contributed by atoms with Crippen molar-refractivity contribution in [3.05, 3.63) is 5.73 Å². The Balaban J connectivity index is 0.00000529. The zero-order valence-corrected chi connectivity index (χ0v) is 17.5. The van der Waals surface area contributed by atoms with Gasteiger partial charge >= 0.3 is 11.9 Å². The van der Waals surface area contributed by atoms with Gasteiger partial charge in [-0.3, -0.25) is 0 Å². The van der Waals surface area contributed by atoms with Crippen LogP contribution in [-0.4, -0.2) is 91.5 Å². The van der Waals surface area contributed by atoms with Gasteiger partial charge in [0.2, 0.25) is 0 Å². The SMILES string of the molecule is CC(O)C(=O)OCC(O)C(O)C1OC(O)(C(=O)O)CC(O)C1[NH-].[Ac]. The van der Waals surface area contributed by atoms with Crippen molar-refractivity contribution in [3.8, 4) is 0 Å². The van der Waals surface area contributed by atoms with Gasteiger partial charge in [-0.05, 0) is 6.92 Å². The van der Waals surface area contributed by atoms with Gasteiger partial charge in [0.05, 0.1) is 6.10 Å². The number of carbonyl (C=O) groups excluding carboxylic acids is 1. The predicted molar refractivity (Wildman–Crippen MR) is 70.8 cm³/mol. The average Bonchev–Trinajstić information content (AvgIpc) is 2.47. The van der Waals surface area contributed by atoms with Crippen LogP contribution in [0.1, 0.15) is 13.3 Å². The standard InChI is InChI=1S/C12H20NO10.Ac/c1-4(14)10(18)22-3-6(16)8(17)9-7(13)5(15)2-12(21,23-9)11(19)20;/h4-9,13-17,21H,2-3H2,1H3,(H,19,20);/q-1;. The van der Waals surface area contributed by atoms with Crippen molar-refractivity contribution in [2.45, 2.75) is 55.7 Å². The van der Waals surface area contributed by atoms with E-state index in [-0.39, 0.29) is 44.1 Å². The Labute approximate surface area is 172 Å². The van der Waals surface area contributed by atoms with Crippen LogP contribution in [0.4, 0.5) is 0 Å². The molecule has 1 fully saturated rings. The van der Waals surface area contributed by atoms with Crippen LogP contribution in [0.15, 0.2) is 0 Å². The van der Waals surface area contributed by atoms with Gasteiger partial charge in [0.25, 0.3) is 5.79 Å². The number of carboxylic acid groups (broad SMARTS) is 1. The van der Waals surface area contributed by atoms with E-state index < -0.39 is 67.3 Å². The Kier molecular flexibility index (Phi) is 9.74. The Morgan fingerprint density at radius 1 is 1.38 bits per heavy atom. The first-order chi connectivity index (χ1) is 10.5. The molecule has 0 spiro atoms.